The average Bonchev–Trinajstić information content (AvgIpc) is 3.71. The lowest BCUT2D eigenvalue weighted by Gasteiger charge is -2.23. The maximum Gasteiger partial charge on any atom is 0.0491 e. The molecule has 11 aromatic rings. The summed E-state index contributed by atoms with van der Waals surface area (Å²) in [7, 11) is 0. The van der Waals surface area contributed by atoms with Crippen molar-refractivity contribution >= 4 is 48.9 Å². The Hall–Kier alpha value is -8.00. The number of aryl methyl sites for hydroxylation is 1. The van der Waals surface area contributed by atoms with E-state index in [-0.39, 0.29) is 5.92 Å². The second kappa shape index (κ2) is 16.3. The molecule has 1 aliphatic rings. The van der Waals surface area contributed by atoms with E-state index >= 15 is 0 Å². The van der Waals surface area contributed by atoms with Gasteiger partial charge in [-0.1, -0.05) is 200 Å². The van der Waals surface area contributed by atoms with Crippen molar-refractivity contribution in [2.24, 2.45) is 0 Å². The lowest BCUT2D eigenvalue weighted by Crippen LogP contribution is -2.01. The summed E-state index contributed by atoms with van der Waals surface area (Å²) in [6, 6.07) is 80.6. The molecule has 0 saturated carbocycles. The minimum Gasteiger partial charge on any atom is -0.341 e. The van der Waals surface area contributed by atoms with E-state index in [1.807, 2.05) is 0 Å². The van der Waals surface area contributed by atoms with Crippen molar-refractivity contribution in [3.05, 3.63) is 248 Å². The lowest BCUT2D eigenvalue weighted by atomic mass is 9.81. The molecule has 65 heavy (non-hydrogen) atoms. The zero-order valence-electron chi connectivity index (χ0n) is 36.5. The molecule has 0 radical (unpaired) electrons. The normalized spacial score (nSPS) is 13.8. The van der Waals surface area contributed by atoms with E-state index in [4.69, 9.17) is 0 Å². The molecule has 0 saturated heterocycles. The van der Waals surface area contributed by atoms with Crippen molar-refractivity contribution in [2.45, 2.75) is 25.8 Å². The Labute approximate surface area is 380 Å². The van der Waals surface area contributed by atoms with Crippen LogP contribution in [0.25, 0.3) is 105 Å². The number of allylic oxidation sites excluding steroid dienone is 4. The second-order valence-electron chi connectivity index (χ2n) is 17.4. The van der Waals surface area contributed by atoms with E-state index in [1.165, 1.54) is 116 Å². The third-order valence-corrected chi connectivity index (χ3v) is 13.7. The molecule has 1 nitrogen and oxygen atoms in total. The summed E-state index contributed by atoms with van der Waals surface area (Å²) >= 11 is 0. The van der Waals surface area contributed by atoms with E-state index in [2.05, 4.69) is 248 Å². The van der Waals surface area contributed by atoms with E-state index in [9.17, 15) is 0 Å². The molecule has 1 atom stereocenters. The van der Waals surface area contributed by atoms with E-state index < -0.39 is 0 Å². The van der Waals surface area contributed by atoms with Crippen LogP contribution in [0.15, 0.2) is 237 Å². The third kappa shape index (κ3) is 6.89. The Kier molecular flexibility index (Phi) is 9.68. The topological polar surface area (TPSA) is 4.93 Å². The summed E-state index contributed by atoms with van der Waals surface area (Å²) < 4.78 is 2.46. The predicted molar refractivity (Wildman–Crippen MR) is 278 cm³/mol. The Balaban J connectivity index is 1.01. The van der Waals surface area contributed by atoms with Gasteiger partial charge < -0.3 is 4.57 Å². The largest absolute Gasteiger partial charge is 0.341 e. The Morgan fingerprint density at radius 1 is 0.369 bits per heavy atom. The lowest BCUT2D eigenvalue weighted by molar-refractivity contribution is 0.825. The van der Waals surface area contributed by atoms with Crippen LogP contribution in [-0.4, -0.2) is 4.57 Å². The summed E-state index contributed by atoms with van der Waals surface area (Å²) in [6.45, 7) is 3.18. The van der Waals surface area contributed by atoms with Gasteiger partial charge in [0.15, 0.2) is 0 Å². The first-order valence-corrected chi connectivity index (χ1v) is 23.0. The minimum absolute atomic E-state index is 0.268. The van der Waals surface area contributed by atoms with Crippen LogP contribution in [-0.2, 0) is 6.54 Å². The Morgan fingerprint density at radius 2 is 0.785 bits per heavy atom. The highest BCUT2D eigenvalue weighted by Gasteiger charge is 2.22. The second-order valence-corrected chi connectivity index (χ2v) is 17.4. The fourth-order valence-corrected chi connectivity index (χ4v) is 10.5. The fraction of sp³-hybridized carbons (Fsp3) is 0.0625. The van der Waals surface area contributed by atoms with Gasteiger partial charge in [0.1, 0.15) is 0 Å². The number of fused-ring (bicyclic) bond motifs is 5. The standard InChI is InChI=1S/C64H47N/c1-2-65-61-37-33-53(46-21-13-6-14-22-46)39-57(61)58-40-54(34-38-62(58)65)48-25-29-50(30-26-48)64-56-36-32-51(44-17-9-4-10-18-44)41-59(56)63(49-27-23-47(24-28-49)43-15-7-3-8-16-43)55-35-31-52(42-60(55)64)45-19-11-5-12-20-45/h3-25,27-42,48H,2,26H2,1H3. The molecule has 12 rings (SSSR count). The van der Waals surface area contributed by atoms with E-state index in [1.54, 1.807) is 0 Å². The van der Waals surface area contributed by atoms with Crippen LogP contribution in [0.4, 0.5) is 0 Å². The van der Waals surface area contributed by atoms with Crippen molar-refractivity contribution in [1.29, 1.82) is 0 Å². The van der Waals surface area contributed by atoms with Gasteiger partial charge >= 0.3 is 0 Å². The molecular formula is C64H47N. The number of benzene rings is 10. The van der Waals surface area contributed by atoms with Gasteiger partial charge in [0.25, 0.3) is 0 Å². The van der Waals surface area contributed by atoms with Gasteiger partial charge in [-0.15, -0.1) is 0 Å². The van der Waals surface area contributed by atoms with Gasteiger partial charge in [0, 0.05) is 34.3 Å². The first-order chi connectivity index (χ1) is 32.2. The molecule has 0 spiro atoms. The van der Waals surface area contributed by atoms with Crippen LogP contribution in [0.5, 0.6) is 0 Å². The van der Waals surface area contributed by atoms with Gasteiger partial charge in [0.2, 0.25) is 0 Å². The van der Waals surface area contributed by atoms with Crippen LogP contribution < -0.4 is 0 Å². The molecule has 1 unspecified atom stereocenters. The molecule has 0 amide bonds. The van der Waals surface area contributed by atoms with Gasteiger partial charge in [0.05, 0.1) is 0 Å². The average molecular weight is 830 g/mol. The quantitative estimate of drug-likeness (QED) is 0.134. The molecular weight excluding hydrogens is 783 g/mol. The maximum absolute atomic E-state index is 2.50. The van der Waals surface area contributed by atoms with Gasteiger partial charge in [-0.2, -0.15) is 0 Å². The Morgan fingerprint density at radius 3 is 1.31 bits per heavy atom. The van der Waals surface area contributed by atoms with Crippen LogP contribution >= 0.6 is 0 Å². The molecule has 308 valence electrons. The summed E-state index contributed by atoms with van der Waals surface area (Å²) in [5.41, 5.74) is 18.8. The summed E-state index contributed by atoms with van der Waals surface area (Å²) in [5, 5.41) is 7.70. The van der Waals surface area contributed by atoms with Crippen molar-refractivity contribution in [3.8, 4) is 55.6 Å². The number of rotatable bonds is 8. The van der Waals surface area contributed by atoms with Crippen LogP contribution in [0.3, 0.4) is 0 Å². The zero-order chi connectivity index (χ0) is 43.3. The monoisotopic (exact) mass is 829 g/mol. The first-order valence-electron chi connectivity index (χ1n) is 23.0. The van der Waals surface area contributed by atoms with E-state index in [0.29, 0.717) is 0 Å². The maximum atomic E-state index is 2.50. The number of hydrogen-bond acceptors (Lipinski definition) is 0. The van der Waals surface area contributed by atoms with Crippen molar-refractivity contribution < 1.29 is 0 Å². The minimum atomic E-state index is 0.268. The molecule has 1 heterocycles. The van der Waals surface area contributed by atoms with Crippen molar-refractivity contribution in [3.63, 3.8) is 0 Å². The molecule has 10 aromatic carbocycles. The highest BCUT2D eigenvalue weighted by atomic mass is 15.0. The molecule has 0 bridgehead atoms. The van der Waals surface area contributed by atoms with Crippen molar-refractivity contribution in [2.75, 3.05) is 0 Å². The first kappa shape index (κ1) is 38.7. The van der Waals surface area contributed by atoms with Gasteiger partial charge in [-0.05, 0) is 144 Å². The zero-order valence-corrected chi connectivity index (χ0v) is 36.5. The molecule has 0 fully saturated rings. The molecule has 0 aliphatic heterocycles. The third-order valence-electron chi connectivity index (χ3n) is 13.7. The van der Waals surface area contributed by atoms with Crippen LogP contribution in [0.2, 0.25) is 0 Å². The molecule has 1 aliphatic carbocycles. The number of hydrogen-bond donors (Lipinski definition) is 0. The van der Waals surface area contributed by atoms with Crippen LogP contribution in [0, 0.1) is 0 Å². The summed E-state index contributed by atoms with van der Waals surface area (Å²) in [5.74, 6) is 0.268. The summed E-state index contributed by atoms with van der Waals surface area (Å²) in [4.78, 5) is 0. The highest BCUT2D eigenvalue weighted by molar-refractivity contribution is 6.21. The van der Waals surface area contributed by atoms with Crippen molar-refractivity contribution in [1.82, 2.24) is 4.57 Å². The fourth-order valence-electron chi connectivity index (χ4n) is 10.5. The highest BCUT2D eigenvalue weighted by Crippen LogP contribution is 2.46. The van der Waals surface area contributed by atoms with Gasteiger partial charge in [-0.3, -0.25) is 0 Å². The van der Waals surface area contributed by atoms with Gasteiger partial charge in [-0.25, -0.2) is 0 Å². The molecule has 1 aromatic heterocycles. The van der Waals surface area contributed by atoms with E-state index in [0.717, 1.165) is 13.0 Å². The SMILES string of the molecule is CCn1c2ccc(-c3ccccc3)cc2c2cc(C3C=CC(c4c5cc(-c6ccccc6)ccc5c(-c5ccc(-c6ccccc6)cc5)c5cc(-c6ccccc6)ccc45)=CC3)ccc21. The smallest absolute Gasteiger partial charge is 0.0491 e. The number of nitrogens with zero attached hydrogens (tertiary/aromatic N) is 1. The Bertz CT molecular complexity index is 3610. The molecule has 1 heteroatoms. The predicted octanol–water partition coefficient (Wildman–Crippen LogP) is 17.6. The summed E-state index contributed by atoms with van der Waals surface area (Å²) in [6.07, 6.45) is 8.29. The van der Waals surface area contributed by atoms with Crippen LogP contribution in [0.1, 0.15) is 30.4 Å². The number of aromatic nitrogens is 1. The molecule has 0 N–H and O–H groups in total.